The Kier molecular flexibility index (Phi) is 7.93. The molecule has 2 aromatic rings. The zero-order chi connectivity index (χ0) is 24.0. The highest BCUT2D eigenvalue weighted by molar-refractivity contribution is 7.90. The summed E-state index contributed by atoms with van der Waals surface area (Å²) in [5.41, 5.74) is 1.54. The number of piperidine rings is 1. The quantitative estimate of drug-likeness (QED) is 0.445. The molecule has 1 saturated heterocycles. The molecule has 1 aliphatic heterocycles. The minimum Gasteiger partial charge on any atom is -0.465 e. The highest BCUT2D eigenvalue weighted by Crippen LogP contribution is 2.23. The van der Waals surface area contributed by atoms with Crippen molar-refractivity contribution in [2.45, 2.75) is 30.7 Å². The molecule has 0 aromatic heterocycles. The van der Waals surface area contributed by atoms with Gasteiger partial charge in [0.05, 0.1) is 17.1 Å². The fourth-order valence-electron chi connectivity index (χ4n) is 3.90. The van der Waals surface area contributed by atoms with Gasteiger partial charge in [-0.25, -0.2) is 19.1 Å². The van der Waals surface area contributed by atoms with E-state index in [0.29, 0.717) is 16.8 Å². The Morgan fingerprint density at radius 1 is 1.03 bits per heavy atom. The number of sulfone groups is 1. The first-order chi connectivity index (χ1) is 15.7. The topological polar surface area (TPSA) is 124 Å². The number of benzene rings is 2. The molecule has 0 bridgehead atoms. The van der Waals surface area contributed by atoms with Gasteiger partial charge < -0.3 is 19.9 Å². The van der Waals surface area contributed by atoms with Crippen LogP contribution in [0.2, 0.25) is 0 Å². The Morgan fingerprint density at radius 2 is 1.73 bits per heavy atom. The van der Waals surface area contributed by atoms with E-state index in [0.717, 1.165) is 38.6 Å². The van der Waals surface area contributed by atoms with Gasteiger partial charge in [-0.3, -0.25) is 4.79 Å². The van der Waals surface area contributed by atoms with Crippen LogP contribution in [0.4, 0.5) is 10.5 Å². The lowest BCUT2D eigenvalue weighted by Gasteiger charge is -2.27. The average molecular weight is 475 g/mol. The normalized spacial score (nSPS) is 14.1. The Hall–Kier alpha value is -3.11. The van der Waals surface area contributed by atoms with Crippen molar-refractivity contribution in [3.63, 3.8) is 0 Å². The minimum absolute atomic E-state index is 0.0380. The molecule has 1 aliphatic rings. The summed E-state index contributed by atoms with van der Waals surface area (Å²) >= 11 is 0. The molecular formula is C23H30N4O5S. The highest BCUT2D eigenvalue weighted by Gasteiger charge is 2.21. The number of hydrogen-bond acceptors (Lipinski definition) is 6. The van der Waals surface area contributed by atoms with Gasteiger partial charge >= 0.3 is 6.09 Å². The van der Waals surface area contributed by atoms with Gasteiger partial charge in [0.1, 0.15) is 0 Å². The standard InChI is InChI=1S/C23H30N4O5S/c1-33(31,32)21-11-4-3-10-20(21)27(24)15-14-26(23(29)30)17-18-8-7-9-19(16-18)22(28)25-12-5-2-6-13-25/h3-4,7-11,16H,2,5-6,12-15,17,24H2,1H3,(H,29,30). The number of nitrogens with zero attached hydrogens (tertiary/aromatic N) is 3. The van der Waals surface area contributed by atoms with Crippen LogP contribution in [0.3, 0.4) is 0 Å². The molecule has 178 valence electrons. The third-order valence-corrected chi connectivity index (χ3v) is 6.79. The van der Waals surface area contributed by atoms with Crippen molar-refractivity contribution in [3.05, 3.63) is 59.7 Å². The summed E-state index contributed by atoms with van der Waals surface area (Å²) in [6.07, 6.45) is 3.09. The van der Waals surface area contributed by atoms with Crippen molar-refractivity contribution in [1.82, 2.24) is 9.80 Å². The number of carbonyl (C=O) groups excluding carboxylic acids is 1. The van der Waals surface area contributed by atoms with Gasteiger partial charge in [0.15, 0.2) is 9.84 Å². The van der Waals surface area contributed by atoms with Crippen LogP contribution < -0.4 is 10.9 Å². The van der Waals surface area contributed by atoms with Crippen molar-refractivity contribution >= 4 is 27.5 Å². The van der Waals surface area contributed by atoms with Crippen LogP contribution in [0.1, 0.15) is 35.2 Å². The number of anilines is 1. The second-order valence-corrected chi connectivity index (χ2v) is 10.2. The molecule has 1 fully saturated rings. The molecular weight excluding hydrogens is 444 g/mol. The molecule has 3 rings (SSSR count). The number of carboxylic acid groups (broad SMARTS) is 1. The second-order valence-electron chi connectivity index (χ2n) is 8.19. The van der Waals surface area contributed by atoms with Gasteiger partial charge in [0, 0.05) is 38.0 Å². The maximum absolute atomic E-state index is 12.8. The molecule has 0 atom stereocenters. The lowest BCUT2D eigenvalue weighted by molar-refractivity contribution is 0.0724. The van der Waals surface area contributed by atoms with Gasteiger partial charge in [-0.15, -0.1) is 0 Å². The first kappa shape index (κ1) is 24.5. The molecule has 2 aromatic carbocycles. The summed E-state index contributed by atoms with van der Waals surface area (Å²) in [5, 5.41) is 10.9. The first-order valence-corrected chi connectivity index (χ1v) is 12.7. The van der Waals surface area contributed by atoms with Gasteiger partial charge in [-0.1, -0.05) is 24.3 Å². The maximum atomic E-state index is 12.8. The number of rotatable bonds is 8. The van der Waals surface area contributed by atoms with Crippen LogP contribution in [0, 0.1) is 0 Å². The number of nitrogens with two attached hydrogens (primary N) is 1. The number of para-hydroxylation sites is 1. The second kappa shape index (κ2) is 10.7. The first-order valence-electron chi connectivity index (χ1n) is 10.8. The summed E-state index contributed by atoms with van der Waals surface area (Å²) in [5.74, 6) is 6.04. The van der Waals surface area contributed by atoms with E-state index in [9.17, 15) is 23.1 Å². The fraction of sp³-hybridized carbons (Fsp3) is 0.391. The van der Waals surface area contributed by atoms with Crippen molar-refractivity contribution in [2.75, 3.05) is 37.4 Å². The molecule has 9 nitrogen and oxygen atoms in total. The van der Waals surface area contributed by atoms with E-state index in [1.54, 1.807) is 42.5 Å². The van der Waals surface area contributed by atoms with Crippen LogP contribution in [-0.2, 0) is 16.4 Å². The van der Waals surface area contributed by atoms with Crippen molar-refractivity contribution in [2.24, 2.45) is 5.84 Å². The van der Waals surface area contributed by atoms with Crippen LogP contribution in [-0.4, -0.2) is 67.8 Å². The minimum atomic E-state index is -3.49. The zero-order valence-electron chi connectivity index (χ0n) is 18.7. The number of likely N-dealkylation sites (tertiary alicyclic amines) is 1. The largest absolute Gasteiger partial charge is 0.465 e. The molecule has 10 heteroatoms. The monoisotopic (exact) mass is 474 g/mol. The molecule has 33 heavy (non-hydrogen) atoms. The highest BCUT2D eigenvalue weighted by atomic mass is 32.2. The van der Waals surface area contributed by atoms with Gasteiger partial charge in [0.2, 0.25) is 0 Å². The molecule has 2 amide bonds. The smallest absolute Gasteiger partial charge is 0.407 e. The van der Waals surface area contributed by atoms with E-state index in [4.69, 9.17) is 5.84 Å². The van der Waals surface area contributed by atoms with Gasteiger partial charge in [-0.2, -0.15) is 0 Å². The molecule has 0 unspecified atom stereocenters. The van der Waals surface area contributed by atoms with E-state index < -0.39 is 15.9 Å². The zero-order valence-corrected chi connectivity index (χ0v) is 19.5. The van der Waals surface area contributed by atoms with E-state index in [1.165, 1.54) is 16.0 Å². The Morgan fingerprint density at radius 3 is 2.39 bits per heavy atom. The predicted octanol–water partition coefficient (Wildman–Crippen LogP) is 2.58. The molecule has 0 spiro atoms. The van der Waals surface area contributed by atoms with Crippen molar-refractivity contribution < 1.29 is 23.1 Å². The van der Waals surface area contributed by atoms with Gasteiger partial charge in [-0.05, 0) is 49.1 Å². The van der Waals surface area contributed by atoms with E-state index in [2.05, 4.69) is 0 Å². The van der Waals surface area contributed by atoms with Crippen LogP contribution in [0.15, 0.2) is 53.4 Å². The SMILES string of the molecule is CS(=O)(=O)c1ccccc1N(N)CCN(Cc1cccc(C(=O)N2CCCCC2)c1)C(=O)O. The molecule has 3 N–H and O–H groups in total. The number of hydrogen-bond donors (Lipinski definition) is 2. The third-order valence-electron chi connectivity index (χ3n) is 5.65. The van der Waals surface area contributed by atoms with Crippen molar-refractivity contribution in [3.8, 4) is 0 Å². The average Bonchev–Trinajstić information content (AvgIpc) is 2.81. The maximum Gasteiger partial charge on any atom is 0.407 e. The van der Waals surface area contributed by atoms with E-state index in [1.807, 2.05) is 4.90 Å². The number of amides is 2. The van der Waals surface area contributed by atoms with Crippen LogP contribution in [0.25, 0.3) is 0 Å². The van der Waals surface area contributed by atoms with Gasteiger partial charge in [0.25, 0.3) is 5.91 Å². The molecule has 0 saturated carbocycles. The Labute approximate surface area is 194 Å². The molecule has 1 heterocycles. The Balaban J connectivity index is 1.68. The third kappa shape index (κ3) is 6.45. The van der Waals surface area contributed by atoms with Crippen LogP contribution >= 0.6 is 0 Å². The number of hydrazine groups is 1. The van der Waals surface area contributed by atoms with Crippen LogP contribution in [0.5, 0.6) is 0 Å². The lowest BCUT2D eigenvalue weighted by atomic mass is 10.1. The Bertz CT molecular complexity index is 1100. The van der Waals surface area contributed by atoms with E-state index >= 15 is 0 Å². The summed E-state index contributed by atoms with van der Waals surface area (Å²) in [6.45, 7) is 1.70. The summed E-state index contributed by atoms with van der Waals surface area (Å²) in [4.78, 5) is 27.7. The molecule has 0 radical (unpaired) electrons. The molecule has 0 aliphatic carbocycles. The number of carbonyl (C=O) groups is 2. The summed E-state index contributed by atoms with van der Waals surface area (Å²) < 4.78 is 24.1. The predicted molar refractivity (Wildman–Crippen MR) is 126 cm³/mol. The fourth-order valence-corrected chi connectivity index (χ4v) is 4.79. The van der Waals surface area contributed by atoms with Crippen molar-refractivity contribution in [1.29, 1.82) is 0 Å². The lowest BCUT2D eigenvalue weighted by Crippen LogP contribution is -2.41. The van der Waals surface area contributed by atoms with E-state index in [-0.39, 0.29) is 30.4 Å². The summed E-state index contributed by atoms with van der Waals surface area (Å²) in [6, 6.07) is 13.3. The summed E-state index contributed by atoms with van der Waals surface area (Å²) in [7, 11) is -3.49.